The van der Waals surface area contributed by atoms with E-state index in [1.54, 1.807) is 0 Å². The maximum atomic E-state index is 14.2. The van der Waals surface area contributed by atoms with Gasteiger partial charge in [-0.15, -0.1) is 0 Å². The molecule has 0 bridgehead atoms. The third-order valence-electron chi connectivity index (χ3n) is 10.3. The van der Waals surface area contributed by atoms with Gasteiger partial charge >= 0.3 is 6.03 Å². The van der Waals surface area contributed by atoms with Gasteiger partial charge in [-0.3, -0.25) is 4.79 Å². The molecule has 0 spiro atoms. The van der Waals surface area contributed by atoms with Gasteiger partial charge in [0.2, 0.25) is 5.91 Å². The third kappa shape index (κ3) is 7.38. The number of rotatable bonds is 7. The Labute approximate surface area is 262 Å². The lowest BCUT2D eigenvalue weighted by Crippen LogP contribution is -2.58. The van der Waals surface area contributed by atoms with Crippen LogP contribution in [0.4, 0.5) is 4.79 Å². The Morgan fingerprint density at radius 2 is 1.42 bits per heavy atom. The summed E-state index contributed by atoms with van der Waals surface area (Å²) in [5.74, 6) is 0.175. The van der Waals surface area contributed by atoms with Crippen LogP contribution in [0.5, 0.6) is 0 Å². The van der Waals surface area contributed by atoms with Crippen LogP contribution in [0.2, 0.25) is 5.02 Å². The molecule has 6 rings (SSSR count). The van der Waals surface area contributed by atoms with Gasteiger partial charge in [0.15, 0.2) is 0 Å². The highest BCUT2D eigenvalue weighted by Gasteiger charge is 2.39. The topological polar surface area (TPSA) is 81.9 Å². The van der Waals surface area contributed by atoms with Crippen LogP contribution >= 0.6 is 11.6 Å². The van der Waals surface area contributed by atoms with Crippen molar-refractivity contribution in [2.45, 2.75) is 120 Å². The zero-order chi connectivity index (χ0) is 29.8. The second-order valence-electron chi connectivity index (χ2n) is 13.3. The van der Waals surface area contributed by atoms with Crippen molar-refractivity contribution in [1.82, 2.24) is 20.0 Å². The molecule has 3 N–H and O–H groups in total. The van der Waals surface area contributed by atoms with Crippen molar-refractivity contribution in [2.75, 3.05) is 13.1 Å². The van der Waals surface area contributed by atoms with Crippen LogP contribution in [0, 0.1) is 0 Å². The van der Waals surface area contributed by atoms with Crippen molar-refractivity contribution in [3.05, 3.63) is 70.2 Å². The molecule has 2 saturated carbocycles. The van der Waals surface area contributed by atoms with Gasteiger partial charge in [0.05, 0.1) is 6.04 Å². The molecule has 2 aliphatic carbocycles. The Kier molecular flexibility index (Phi) is 9.90. The average Bonchev–Trinajstić information content (AvgIpc) is 3.48. The molecule has 1 atom stereocenters. The largest absolute Gasteiger partial charge is 0.341 e. The molecule has 4 aliphatic rings. The predicted octanol–water partition coefficient (Wildman–Crippen LogP) is 5.87. The summed E-state index contributed by atoms with van der Waals surface area (Å²) in [6.45, 7) is 2.77. The Balaban J connectivity index is 1.13. The number of hydrogen-bond acceptors (Lipinski definition) is 4. The quantitative estimate of drug-likeness (QED) is 0.413. The zero-order valence-electron chi connectivity index (χ0n) is 25.4. The van der Waals surface area contributed by atoms with E-state index in [4.69, 9.17) is 17.3 Å². The number of likely N-dealkylation sites (tertiary alicyclic amines) is 1. The minimum absolute atomic E-state index is 0.172. The maximum Gasteiger partial charge on any atom is 0.321 e. The van der Waals surface area contributed by atoms with Crippen LogP contribution in [-0.4, -0.2) is 69.9 Å². The number of amides is 3. The normalized spacial score (nSPS) is 24.0. The lowest BCUT2D eigenvalue weighted by atomic mass is 9.90. The summed E-state index contributed by atoms with van der Waals surface area (Å²) in [6.07, 6.45) is 12.1. The molecule has 3 fully saturated rings. The Morgan fingerprint density at radius 3 is 2.05 bits per heavy atom. The van der Waals surface area contributed by atoms with Crippen molar-refractivity contribution in [1.29, 1.82) is 0 Å². The molecule has 2 aromatic rings. The maximum absolute atomic E-state index is 14.2. The average molecular weight is 606 g/mol. The molecule has 0 unspecified atom stereocenters. The summed E-state index contributed by atoms with van der Waals surface area (Å²) in [6, 6.07) is 17.2. The predicted molar refractivity (Wildman–Crippen MR) is 172 cm³/mol. The highest BCUT2D eigenvalue weighted by molar-refractivity contribution is 6.30. The number of benzene rings is 2. The first-order chi connectivity index (χ1) is 20.9. The van der Waals surface area contributed by atoms with Crippen molar-refractivity contribution < 1.29 is 9.59 Å². The van der Waals surface area contributed by atoms with E-state index in [2.05, 4.69) is 34.5 Å². The molecule has 2 aromatic carbocycles. The highest BCUT2D eigenvalue weighted by Crippen LogP contribution is 2.32. The summed E-state index contributed by atoms with van der Waals surface area (Å²) in [5, 5.41) is 4.44. The van der Waals surface area contributed by atoms with Crippen molar-refractivity contribution in [3.8, 4) is 0 Å². The van der Waals surface area contributed by atoms with E-state index in [1.807, 2.05) is 34.1 Å². The lowest BCUT2D eigenvalue weighted by Gasteiger charge is -2.45. The van der Waals surface area contributed by atoms with Gasteiger partial charge < -0.3 is 25.8 Å². The molecule has 43 heavy (non-hydrogen) atoms. The van der Waals surface area contributed by atoms with Gasteiger partial charge in [0.1, 0.15) is 0 Å². The second-order valence-corrected chi connectivity index (χ2v) is 13.8. The van der Waals surface area contributed by atoms with Crippen molar-refractivity contribution >= 4 is 23.5 Å². The zero-order valence-corrected chi connectivity index (χ0v) is 26.2. The lowest BCUT2D eigenvalue weighted by molar-refractivity contribution is -0.135. The smallest absolute Gasteiger partial charge is 0.321 e. The van der Waals surface area contributed by atoms with Gasteiger partial charge in [-0.05, 0) is 86.6 Å². The number of piperidine rings is 1. The first kappa shape index (κ1) is 30.4. The van der Waals surface area contributed by atoms with E-state index in [0.29, 0.717) is 49.7 Å². The number of nitrogens with two attached hydrogens (primary N) is 1. The number of nitrogens with one attached hydrogen (secondary N) is 1. The fraction of sp³-hybridized carbons (Fsp3) is 0.600. The monoisotopic (exact) mass is 605 g/mol. The van der Waals surface area contributed by atoms with E-state index < -0.39 is 0 Å². The minimum atomic E-state index is -0.281. The summed E-state index contributed by atoms with van der Waals surface area (Å²) >= 11 is 6.15. The summed E-state index contributed by atoms with van der Waals surface area (Å²) in [4.78, 5) is 34.6. The molecular weight excluding hydrogens is 558 g/mol. The summed E-state index contributed by atoms with van der Waals surface area (Å²) in [7, 11) is 0. The van der Waals surface area contributed by atoms with Crippen LogP contribution in [0.3, 0.4) is 0 Å². The number of nitrogens with zero attached hydrogens (tertiary/aromatic N) is 3. The molecule has 2 aliphatic heterocycles. The number of carbonyl (C=O) groups is 2. The SMILES string of the molecule is N[C@H]1CC[C@@H](N[C@H](Cc2ccc(Cl)cc2)C(=O)N2CCC(N(C(=O)N3Cc4ccccc4C3)C3CCCCC3)CC2)CC1. The van der Waals surface area contributed by atoms with Crippen LogP contribution in [0.15, 0.2) is 48.5 Å². The van der Waals surface area contributed by atoms with Crippen LogP contribution in [-0.2, 0) is 24.3 Å². The van der Waals surface area contributed by atoms with Gasteiger partial charge in [-0.25, -0.2) is 4.79 Å². The molecular formula is C35H48ClN5O2. The molecule has 0 radical (unpaired) electrons. The van der Waals surface area contributed by atoms with Crippen LogP contribution < -0.4 is 11.1 Å². The first-order valence-electron chi connectivity index (χ1n) is 16.6. The Morgan fingerprint density at radius 1 is 0.814 bits per heavy atom. The molecule has 1 saturated heterocycles. The highest BCUT2D eigenvalue weighted by atomic mass is 35.5. The molecule has 7 nitrogen and oxygen atoms in total. The summed E-state index contributed by atoms with van der Waals surface area (Å²) < 4.78 is 0. The van der Waals surface area contributed by atoms with Crippen LogP contribution in [0.1, 0.15) is 87.3 Å². The van der Waals surface area contributed by atoms with Crippen LogP contribution in [0.25, 0.3) is 0 Å². The second kappa shape index (κ2) is 14.0. The van der Waals surface area contributed by atoms with E-state index >= 15 is 0 Å². The molecule has 0 aromatic heterocycles. The van der Waals surface area contributed by atoms with Crippen molar-refractivity contribution in [3.63, 3.8) is 0 Å². The standard InChI is InChI=1S/C35H48ClN5O2/c36-28-12-10-25(11-13-28)22-33(38-30-16-14-29(37)15-17-30)34(42)39-20-18-32(19-21-39)41(31-8-2-1-3-9-31)35(43)40-23-26-6-4-5-7-27(26)24-40/h4-7,10-13,29-33,38H,1-3,8-9,14-24,37H2/t29-,30+,33-/m1/s1. The molecule has 2 heterocycles. The fourth-order valence-electron chi connectivity index (χ4n) is 7.83. The molecule has 8 heteroatoms. The Hall–Kier alpha value is -2.61. The minimum Gasteiger partial charge on any atom is -0.341 e. The van der Waals surface area contributed by atoms with Gasteiger partial charge in [-0.2, -0.15) is 0 Å². The van der Waals surface area contributed by atoms with Crippen molar-refractivity contribution in [2.24, 2.45) is 5.73 Å². The summed E-state index contributed by atoms with van der Waals surface area (Å²) in [5.41, 5.74) is 9.81. The molecule has 232 valence electrons. The van der Waals surface area contributed by atoms with E-state index in [9.17, 15) is 9.59 Å². The van der Waals surface area contributed by atoms with Gasteiger partial charge in [0, 0.05) is 55.4 Å². The number of fused-ring (bicyclic) bond motifs is 1. The fourth-order valence-corrected chi connectivity index (χ4v) is 7.96. The van der Waals surface area contributed by atoms with E-state index in [-0.39, 0.29) is 30.1 Å². The molecule has 3 amide bonds. The number of carbonyl (C=O) groups excluding carboxylic acids is 2. The third-order valence-corrected chi connectivity index (χ3v) is 10.6. The van der Waals surface area contributed by atoms with E-state index in [0.717, 1.165) is 56.9 Å². The van der Waals surface area contributed by atoms with Gasteiger partial charge in [-0.1, -0.05) is 67.3 Å². The first-order valence-corrected chi connectivity index (χ1v) is 17.0. The van der Waals surface area contributed by atoms with E-state index in [1.165, 1.54) is 30.4 Å². The van der Waals surface area contributed by atoms with Gasteiger partial charge in [0.25, 0.3) is 0 Å². The number of halogens is 1. The number of urea groups is 1. The Bertz CT molecular complexity index is 1210. The number of hydrogen-bond donors (Lipinski definition) is 2.